The van der Waals surface area contributed by atoms with E-state index in [1.807, 2.05) is 0 Å². The average Bonchev–Trinajstić information content (AvgIpc) is 3.12. The van der Waals surface area contributed by atoms with Crippen LogP contribution in [0.5, 0.6) is 0 Å². The summed E-state index contributed by atoms with van der Waals surface area (Å²) >= 11 is 12.4. The summed E-state index contributed by atoms with van der Waals surface area (Å²) in [5.74, 6) is -3.45. The van der Waals surface area contributed by atoms with Crippen molar-refractivity contribution < 1.29 is 33.4 Å². The Bertz CT molecular complexity index is 1190. The van der Waals surface area contributed by atoms with Gasteiger partial charge in [0.25, 0.3) is 5.91 Å². The van der Waals surface area contributed by atoms with Crippen molar-refractivity contribution >= 4 is 64.2 Å². The van der Waals surface area contributed by atoms with Gasteiger partial charge in [-0.05, 0) is 68.3 Å². The Kier molecular flexibility index (Phi) is 8.14. The van der Waals surface area contributed by atoms with Crippen molar-refractivity contribution in [1.29, 1.82) is 0 Å². The van der Waals surface area contributed by atoms with Gasteiger partial charge in [0.2, 0.25) is 11.8 Å². The van der Waals surface area contributed by atoms with Gasteiger partial charge in [-0.3, -0.25) is 19.3 Å². The van der Waals surface area contributed by atoms with Crippen molar-refractivity contribution in [3.05, 3.63) is 59.7 Å². The monoisotopic (exact) mass is 546 g/mol. The second-order valence-electron chi connectivity index (χ2n) is 8.70. The Morgan fingerprint density at radius 2 is 1.32 bits per heavy atom. The lowest BCUT2D eigenvalue weighted by molar-refractivity contribution is -0.122. The van der Waals surface area contributed by atoms with Crippen LogP contribution in [-0.4, -0.2) is 53.6 Å². The molecule has 1 saturated carbocycles. The number of imide groups is 1. The summed E-state index contributed by atoms with van der Waals surface area (Å²) in [7, 11) is 0. The molecular formula is C26H24Cl2N2O7. The van der Waals surface area contributed by atoms with Gasteiger partial charge in [0.15, 0.2) is 6.61 Å². The molecule has 0 unspecified atom stereocenters. The number of benzene rings is 2. The van der Waals surface area contributed by atoms with E-state index in [1.54, 1.807) is 6.92 Å². The number of rotatable bonds is 7. The second-order valence-corrected chi connectivity index (χ2v) is 9.82. The van der Waals surface area contributed by atoms with Gasteiger partial charge in [0, 0.05) is 5.69 Å². The van der Waals surface area contributed by atoms with Gasteiger partial charge in [-0.1, -0.05) is 0 Å². The van der Waals surface area contributed by atoms with E-state index in [4.69, 9.17) is 32.7 Å². The van der Waals surface area contributed by atoms with Crippen molar-refractivity contribution in [1.82, 2.24) is 0 Å². The fourth-order valence-electron chi connectivity index (χ4n) is 4.41. The lowest BCUT2D eigenvalue weighted by Gasteiger charge is -2.28. The SMILES string of the molecule is CCOC(=O)c1ccc(NC(=O)COC(=O)c2ccc(N3C(=O)[C@@H]4C[C@H](Cl)[C@@H](Cl)C[C@H]4C3=O)cc2)cc1. The van der Waals surface area contributed by atoms with Crippen LogP contribution in [0.3, 0.4) is 0 Å². The fraction of sp³-hybridized carbons (Fsp3) is 0.346. The Morgan fingerprint density at radius 1 is 0.838 bits per heavy atom. The minimum absolute atomic E-state index is 0.147. The molecule has 194 valence electrons. The van der Waals surface area contributed by atoms with Crippen molar-refractivity contribution in [2.45, 2.75) is 30.5 Å². The topological polar surface area (TPSA) is 119 Å². The second kappa shape index (κ2) is 11.3. The molecule has 1 heterocycles. The number of nitrogens with one attached hydrogen (secondary N) is 1. The highest BCUT2D eigenvalue weighted by molar-refractivity contribution is 6.31. The lowest BCUT2D eigenvalue weighted by atomic mass is 9.80. The minimum Gasteiger partial charge on any atom is -0.462 e. The number of hydrogen-bond acceptors (Lipinski definition) is 7. The highest BCUT2D eigenvalue weighted by Gasteiger charge is 2.52. The molecular weight excluding hydrogens is 523 g/mol. The first-order valence-electron chi connectivity index (χ1n) is 11.7. The third kappa shape index (κ3) is 5.78. The summed E-state index contributed by atoms with van der Waals surface area (Å²) < 4.78 is 9.97. The molecule has 4 atom stereocenters. The number of amides is 3. The number of nitrogens with zero attached hydrogens (tertiary/aromatic N) is 1. The van der Waals surface area contributed by atoms with E-state index >= 15 is 0 Å². The Morgan fingerprint density at radius 3 is 1.84 bits per heavy atom. The molecule has 0 aromatic heterocycles. The normalized spacial score (nSPS) is 22.8. The van der Waals surface area contributed by atoms with E-state index in [-0.39, 0.29) is 34.7 Å². The molecule has 0 spiro atoms. The Balaban J connectivity index is 1.31. The van der Waals surface area contributed by atoms with Crippen molar-refractivity contribution in [3.8, 4) is 0 Å². The molecule has 1 aliphatic carbocycles. The Hall–Kier alpha value is -3.43. The number of anilines is 2. The molecule has 37 heavy (non-hydrogen) atoms. The first-order valence-corrected chi connectivity index (χ1v) is 12.6. The van der Waals surface area contributed by atoms with E-state index in [9.17, 15) is 24.0 Å². The third-order valence-electron chi connectivity index (χ3n) is 6.29. The molecule has 9 nitrogen and oxygen atoms in total. The first-order chi connectivity index (χ1) is 17.7. The maximum atomic E-state index is 12.9. The van der Waals surface area contributed by atoms with Gasteiger partial charge in [0.1, 0.15) is 0 Å². The van der Waals surface area contributed by atoms with E-state index in [0.717, 1.165) is 4.90 Å². The van der Waals surface area contributed by atoms with Crippen LogP contribution in [0.1, 0.15) is 40.5 Å². The van der Waals surface area contributed by atoms with Gasteiger partial charge in [0.05, 0.1) is 46.0 Å². The summed E-state index contributed by atoms with van der Waals surface area (Å²) in [6.45, 7) is 1.42. The Labute approximate surface area is 223 Å². The first kappa shape index (κ1) is 26.6. The average molecular weight is 547 g/mol. The zero-order valence-corrected chi connectivity index (χ0v) is 21.3. The van der Waals surface area contributed by atoms with Crippen molar-refractivity contribution in [3.63, 3.8) is 0 Å². The van der Waals surface area contributed by atoms with Crippen LogP contribution in [0.25, 0.3) is 0 Å². The maximum Gasteiger partial charge on any atom is 0.338 e. The minimum atomic E-state index is -0.748. The highest BCUT2D eigenvalue weighted by atomic mass is 35.5. The van der Waals surface area contributed by atoms with Gasteiger partial charge < -0.3 is 14.8 Å². The molecule has 0 bridgehead atoms. The summed E-state index contributed by atoms with van der Waals surface area (Å²) in [5.41, 5.74) is 1.24. The largest absolute Gasteiger partial charge is 0.462 e. The number of halogens is 2. The highest BCUT2D eigenvalue weighted by Crippen LogP contribution is 2.43. The molecule has 3 amide bonds. The molecule has 0 radical (unpaired) electrons. The van der Waals surface area contributed by atoms with Gasteiger partial charge in [-0.15, -0.1) is 23.2 Å². The van der Waals surface area contributed by atoms with Crippen LogP contribution < -0.4 is 10.2 Å². The predicted molar refractivity (Wildman–Crippen MR) is 136 cm³/mol. The smallest absolute Gasteiger partial charge is 0.338 e. The zero-order chi connectivity index (χ0) is 26.7. The van der Waals surface area contributed by atoms with Crippen LogP contribution in [0.2, 0.25) is 0 Å². The number of esters is 2. The molecule has 2 aliphatic rings. The predicted octanol–water partition coefficient (Wildman–Crippen LogP) is 3.77. The molecule has 2 fully saturated rings. The third-order valence-corrected chi connectivity index (χ3v) is 7.38. The van der Waals surface area contributed by atoms with E-state index in [1.165, 1.54) is 48.5 Å². The van der Waals surface area contributed by atoms with Crippen LogP contribution in [-0.2, 0) is 23.9 Å². The fourth-order valence-corrected chi connectivity index (χ4v) is 5.00. The number of carbonyl (C=O) groups excluding carboxylic acids is 5. The van der Waals surface area contributed by atoms with Crippen LogP contribution >= 0.6 is 23.2 Å². The molecule has 1 N–H and O–H groups in total. The summed E-state index contributed by atoms with van der Waals surface area (Å²) in [6.07, 6.45) is 0.674. The summed E-state index contributed by atoms with van der Waals surface area (Å²) in [4.78, 5) is 63.1. The molecule has 2 aromatic rings. The van der Waals surface area contributed by atoms with Gasteiger partial charge in [-0.25, -0.2) is 9.59 Å². The number of carbonyl (C=O) groups is 5. The van der Waals surface area contributed by atoms with Crippen molar-refractivity contribution in [2.24, 2.45) is 11.8 Å². The zero-order valence-electron chi connectivity index (χ0n) is 19.8. The van der Waals surface area contributed by atoms with Gasteiger partial charge in [-0.2, -0.15) is 0 Å². The lowest BCUT2D eigenvalue weighted by Crippen LogP contribution is -2.34. The van der Waals surface area contributed by atoms with E-state index in [0.29, 0.717) is 29.8 Å². The molecule has 11 heteroatoms. The van der Waals surface area contributed by atoms with E-state index < -0.39 is 36.3 Å². The number of fused-ring (bicyclic) bond motifs is 1. The van der Waals surface area contributed by atoms with Gasteiger partial charge >= 0.3 is 11.9 Å². The molecule has 1 saturated heterocycles. The summed E-state index contributed by atoms with van der Waals surface area (Å²) in [5, 5.41) is 1.81. The number of hydrogen-bond donors (Lipinski definition) is 1. The molecule has 2 aromatic carbocycles. The standard InChI is InChI=1S/C26H24Cl2N2O7/c1-2-36-25(34)14-3-7-16(8-4-14)29-22(31)13-37-26(35)15-5-9-17(10-6-15)30-23(32)18-11-20(27)21(28)12-19(18)24(30)33/h3-10,18-21H,2,11-13H2,1H3,(H,29,31)/t18-,19-,20+,21+/m1/s1. The van der Waals surface area contributed by atoms with Crippen LogP contribution in [0.4, 0.5) is 11.4 Å². The van der Waals surface area contributed by atoms with E-state index in [2.05, 4.69) is 5.32 Å². The maximum absolute atomic E-state index is 12.9. The van der Waals surface area contributed by atoms with Crippen LogP contribution in [0.15, 0.2) is 48.5 Å². The van der Waals surface area contributed by atoms with Crippen molar-refractivity contribution in [2.75, 3.05) is 23.4 Å². The quantitative estimate of drug-likeness (QED) is 0.319. The number of alkyl halides is 2. The van der Waals surface area contributed by atoms with Crippen LogP contribution in [0, 0.1) is 11.8 Å². The molecule has 1 aliphatic heterocycles. The number of ether oxygens (including phenoxy) is 2. The molecule has 4 rings (SSSR count). The summed E-state index contributed by atoms with van der Waals surface area (Å²) in [6, 6.07) is 11.9.